The molecule has 0 spiro atoms. The van der Waals surface area contributed by atoms with Crippen LogP contribution in [-0.2, 0) is 0 Å². The van der Waals surface area contributed by atoms with E-state index < -0.39 is 0 Å². The zero-order valence-electron chi connectivity index (χ0n) is 11.3. The Balaban J connectivity index is 2.11. The van der Waals surface area contributed by atoms with Crippen LogP contribution in [0.15, 0.2) is 42.6 Å². The number of carbonyl (C=O) groups excluding carboxylic acids is 1. The third-order valence-corrected chi connectivity index (χ3v) is 3.58. The molecule has 0 aliphatic carbocycles. The number of nitrogens with zero attached hydrogens (tertiary/aromatic N) is 1. The van der Waals surface area contributed by atoms with Gasteiger partial charge in [-0.15, -0.1) is 0 Å². The summed E-state index contributed by atoms with van der Waals surface area (Å²) in [7, 11) is 0. The minimum atomic E-state index is -0.281. The molecule has 1 amide bonds. The van der Waals surface area contributed by atoms with Crippen LogP contribution in [0, 0.1) is 0 Å². The van der Waals surface area contributed by atoms with Gasteiger partial charge in [-0.3, -0.25) is 9.78 Å². The second-order valence-corrected chi connectivity index (χ2v) is 5.36. The summed E-state index contributed by atoms with van der Waals surface area (Å²) in [6.07, 6.45) is 1.48. The lowest BCUT2D eigenvalue weighted by Crippen LogP contribution is -2.27. The number of amides is 1. The number of nitrogens with two attached hydrogens (primary N) is 1. The highest BCUT2D eigenvalue weighted by atomic mass is 35.5. The van der Waals surface area contributed by atoms with Crippen LogP contribution in [0.4, 0.5) is 0 Å². The van der Waals surface area contributed by atoms with Crippen LogP contribution in [-0.4, -0.2) is 15.9 Å². The van der Waals surface area contributed by atoms with Crippen LogP contribution in [0.3, 0.4) is 0 Å². The highest BCUT2D eigenvalue weighted by molar-refractivity contribution is 7.80. The lowest BCUT2D eigenvalue weighted by Gasteiger charge is -2.15. The van der Waals surface area contributed by atoms with E-state index in [1.165, 1.54) is 6.20 Å². The van der Waals surface area contributed by atoms with Crippen molar-refractivity contribution >= 4 is 34.7 Å². The molecule has 1 aromatic heterocycles. The molecular formula is C15H14ClN3OS. The molecular weight excluding hydrogens is 306 g/mol. The van der Waals surface area contributed by atoms with Gasteiger partial charge in [0.05, 0.1) is 6.04 Å². The fraction of sp³-hybridized carbons (Fsp3) is 0.133. The van der Waals surface area contributed by atoms with E-state index in [2.05, 4.69) is 10.3 Å². The van der Waals surface area contributed by atoms with Crippen LogP contribution in [0.2, 0.25) is 5.02 Å². The van der Waals surface area contributed by atoms with Crippen molar-refractivity contribution in [2.24, 2.45) is 5.73 Å². The Hall–Kier alpha value is -1.98. The van der Waals surface area contributed by atoms with Gasteiger partial charge in [-0.25, -0.2) is 0 Å². The molecule has 0 bridgehead atoms. The first-order chi connectivity index (χ1) is 9.99. The van der Waals surface area contributed by atoms with Crippen LogP contribution in [0.5, 0.6) is 0 Å². The van der Waals surface area contributed by atoms with Gasteiger partial charge in [-0.1, -0.05) is 42.0 Å². The fourth-order valence-electron chi connectivity index (χ4n) is 1.85. The third-order valence-electron chi connectivity index (χ3n) is 3.00. The maximum Gasteiger partial charge on any atom is 0.270 e. The summed E-state index contributed by atoms with van der Waals surface area (Å²) in [5.74, 6) is -0.281. The second-order valence-electron chi connectivity index (χ2n) is 4.51. The van der Waals surface area contributed by atoms with Crippen molar-refractivity contribution in [3.63, 3.8) is 0 Å². The summed E-state index contributed by atoms with van der Waals surface area (Å²) in [6.45, 7) is 1.86. The molecule has 0 fully saturated rings. The smallest absolute Gasteiger partial charge is 0.270 e. The van der Waals surface area contributed by atoms with Gasteiger partial charge >= 0.3 is 0 Å². The van der Waals surface area contributed by atoms with E-state index in [0.717, 1.165) is 5.56 Å². The van der Waals surface area contributed by atoms with Crippen molar-refractivity contribution in [2.45, 2.75) is 13.0 Å². The molecule has 6 heteroatoms. The predicted octanol–water partition coefficient (Wildman–Crippen LogP) is 2.86. The molecule has 2 aromatic rings. The van der Waals surface area contributed by atoms with Crippen molar-refractivity contribution in [2.75, 3.05) is 0 Å². The largest absolute Gasteiger partial charge is 0.389 e. The predicted molar refractivity (Wildman–Crippen MR) is 87.5 cm³/mol. The van der Waals surface area contributed by atoms with Gasteiger partial charge in [0.1, 0.15) is 10.7 Å². The number of rotatable bonds is 4. The molecule has 1 aromatic carbocycles. The summed E-state index contributed by atoms with van der Waals surface area (Å²) in [5, 5.41) is 3.47. The Morgan fingerprint density at radius 2 is 2.05 bits per heavy atom. The first-order valence-electron chi connectivity index (χ1n) is 6.30. The van der Waals surface area contributed by atoms with Crippen molar-refractivity contribution in [1.82, 2.24) is 10.3 Å². The van der Waals surface area contributed by atoms with Gasteiger partial charge in [-0.2, -0.15) is 0 Å². The summed E-state index contributed by atoms with van der Waals surface area (Å²) in [4.78, 5) is 16.4. The molecule has 108 valence electrons. The number of pyridine rings is 1. The SMILES string of the molecule is CC(NC(=O)c1ccc(C(N)=S)cn1)c1ccccc1Cl. The van der Waals surface area contributed by atoms with E-state index in [1.807, 2.05) is 25.1 Å². The number of halogens is 1. The van der Waals surface area contributed by atoms with E-state index in [0.29, 0.717) is 16.3 Å². The average molecular weight is 320 g/mol. The van der Waals surface area contributed by atoms with Crippen LogP contribution in [0.25, 0.3) is 0 Å². The van der Waals surface area contributed by atoms with E-state index in [1.54, 1.807) is 18.2 Å². The van der Waals surface area contributed by atoms with Gasteiger partial charge in [-0.05, 0) is 30.7 Å². The Morgan fingerprint density at radius 3 is 2.62 bits per heavy atom. The first kappa shape index (κ1) is 15.4. The molecule has 1 heterocycles. The van der Waals surface area contributed by atoms with E-state index in [9.17, 15) is 4.79 Å². The molecule has 0 radical (unpaired) electrons. The number of thiocarbonyl (C=S) groups is 1. The summed E-state index contributed by atoms with van der Waals surface area (Å²) in [6, 6.07) is 10.4. The Bertz CT molecular complexity index is 673. The highest BCUT2D eigenvalue weighted by Crippen LogP contribution is 2.22. The van der Waals surface area contributed by atoms with E-state index in [-0.39, 0.29) is 16.9 Å². The van der Waals surface area contributed by atoms with Crippen LogP contribution >= 0.6 is 23.8 Å². The quantitative estimate of drug-likeness (QED) is 0.850. The molecule has 21 heavy (non-hydrogen) atoms. The van der Waals surface area contributed by atoms with Gasteiger partial charge in [0.2, 0.25) is 0 Å². The fourth-order valence-corrected chi connectivity index (χ4v) is 2.27. The number of nitrogens with one attached hydrogen (secondary N) is 1. The van der Waals surface area contributed by atoms with Crippen molar-refractivity contribution in [3.8, 4) is 0 Å². The van der Waals surface area contributed by atoms with E-state index >= 15 is 0 Å². The van der Waals surface area contributed by atoms with Crippen molar-refractivity contribution in [3.05, 3.63) is 64.4 Å². The van der Waals surface area contributed by atoms with Crippen LogP contribution < -0.4 is 11.1 Å². The van der Waals surface area contributed by atoms with Gasteiger partial charge in [0, 0.05) is 16.8 Å². The normalized spacial score (nSPS) is 11.7. The molecule has 1 atom stereocenters. The summed E-state index contributed by atoms with van der Waals surface area (Å²) < 4.78 is 0. The Kier molecular flexibility index (Phi) is 4.88. The maximum atomic E-state index is 12.1. The van der Waals surface area contributed by atoms with E-state index in [4.69, 9.17) is 29.6 Å². The number of benzene rings is 1. The standard InChI is InChI=1S/C15H14ClN3OS/c1-9(11-4-2-3-5-12(11)16)19-15(20)13-7-6-10(8-18-13)14(17)21/h2-9H,1H3,(H2,17,21)(H,19,20). The molecule has 0 saturated heterocycles. The Labute approximate surface area is 133 Å². The Morgan fingerprint density at radius 1 is 1.33 bits per heavy atom. The maximum absolute atomic E-state index is 12.1. The minimum absolute atomic E-state index is 0.219. The summed E-state index contributed by atoms with van der Waals surface area (Å²) >= 11 is 11.0. The van der Waals surface area contributed by atoms with Crippen LogP contribution in [0.1, 0.15) is 34.6 Å². The van der Waals surface area contributed by atoms with Crippen molar-refractivity contribution in [1.29, 1.82) is 0 Å². The molecule has 4 nitrogen and oxygen atoms in total. The molecule has 0 aliphatic rings. The van der Waals surface area contributed by atoms with Gasteiger partial charge in [0.15, 0.2) is 0 Å². The summed E-state index contributed by atoms with van der Waals surface area (Å²) in [5.41, 5.74) is 7.27. The number of carbonyl (C=O) groups is 1. The zero-order valence-corrected chi connectivity index (χ0v) is 12.9. The average Bonchev–Trinajstić information content (AvgIpc) is 2.47. The zero-order chi connectivity index (χ0) is 15.4. The molecule has 2 rings (SSSR count). The lowest BCUT2D eigenvalue weighted by atomic mass is 10.1. The monoisotopic (exact) mass is 319 g/mol. The highest BCUT2D eigenvalue weighted by Gasteiger charge is 2.14. The molecule has 0 saturated carbocycles. The first-order valence-corrected chi connectivity index (χ1v) is 7.09. The number of hydrogen-bond donors (Lipinski definition) is 2. The minimum Gasteiger partial charge on any atom is -0.389 e. The molecule has 3 N–H and O–H groups in total. The lowest BCUT2D eigenvalue weighted by molar-refractivity contribution is 0.0935. The van der Waals surface area contributed by atoms with Gasteiger partial charge in [0.25, 0.3) is 5.91 Å². The molecule has 1 unspecified atom stereocenters. The molecule has 0 aliphatic heterocycles. The van der Waals surface area contributed by atoms with Crippen molar-refractivity contribution < 1.29 is 4.79 Å². The second kappa shape index (κ2) is 6.65. The third kappa shape index (κ3) is 3.77. The number of hydrogen-bond acceptors (Lipinski definition) is 3. The number of aromatic nitrogens is 1. The van der Waals surface area contributed by atoms with Gasteiger partial charge < -0.3 is 11.1 Å². The topological polar surface area (TPSA) is 68.0 Å².